The van der Waals surface area contributed by atoms with Crippen LogP contribution in [0.25, 0.3) is 0 Å². The van der Waals surface area contributed by atoms with Crippen molar-refractivity contribution in [3.8, 4) is 0 Å². The van der Waals surface area contributed by atoms with E-state index < -0.39 is 0 Å². The maximum atomic E-state index is 13.1. The number of nitrogens with one attached hydrogen (secondary N) is 1. The van der Waals surface area contributed by atoms with Gasteiger partial charge in [-0.25, -0.2) is 0 Å². The van der Waals surface area contributed by atoms with Crippen LogP contribution in [-0.4, -0.2) is 54.5 Å². The van der Waals surface area contributed by atoms with Gasteiger partial charge in [0.05, 0.1) is 6.04 Å². The molecule has 0 spiro atoms. The Bertz CT molecular complexity index is 509. The van der Waals surface area contributed by atoms with Gasteiger partial charge >= 0.3 is 0 Å². The summed E-state index contributed by atoms with van der Waals surface area (Å²) >= 11 is 0. The topological polar surface area (TPSA) is 35.6 Å². The number of nitrogens with zero attached hydrogens (tertiary/aromatic N) is 2. The number of piperidine rings is 1. The number of likely N-dealkylation sites (tertiary alicyclic amines) is 1. The van der Waals surface area contributed by atoms with Crippen molar-refractivity contribution in [3.05, 3.63) is 35.9 Å². The van der Waals surface area contributed by atoms with Gasteiger partial charge in [0.2, 0.25) is 5.91 Å². The second kappa shape index (κ2) is 7.45. The van der Waals surface area contributed by atoms with Crippen LogP contribution >= 0.6 is 0 Å². The first-order chi connectivity index (χ1) is 11.2. The SMILES string of the molecule is CC(C)N1CCC(C(=O)N2CCNC[C@H]2c2ccccc2)CC1. The molecule has 2 heterocycles. The van der Waals surface area contributed by atoms with Crippen molar-refractivity contribution in [2.24, 2.45) is 5.92 Å². The van der Waals surface area contributed by atoms with Gasteiger partial charge in [-0.05, 0) is 45.3 Å². The first-order valence-corrected chi connectivity index (χ1v) is 8.97. The molecule has 4 heteroatoms. The molecule has 0 saturated carbocycles. The summed E-state index contributed by atoms with van der Waals surface area (Å²) in [5.41, 5.74) is 1.24. The fourth-order valence-electron chi connectivity index (χ4n) is 3.84. The molecule has 126 valence electrons. The third-order valence-electron chi connectivity index (χ3n) is 5.32. The van der Waals surface area contributed by atoms with Crippen LogP contribution in [0.3, 0.4) is 0 Å². The van der Waals surface area contributed by atoms with E-state index in [2.05, 4.69) is 53.2 Å². The molecule has 2 aliphatic rings. The van der Waals surface area contributed by atoms with Crippen LogP contribution in [0.1, 0.15) is 38.3 Å². The Hall–Kier alpha value is -1.39. The van der Waals surface area contributed by atoms with Crippen LogP contribution < -0.4 is 5.32 Å². The third-order valence-corrected chi connectivity index (χ3v) is 5.32. The number of benzene rings is 1. The second-order valence-corrected chi connectivity index (χ2v) is 7.07. The highest BCUT2D eigenvalue weighted by Gasteiger charge is 2.34. The van der Waals surface area contributed by atoms with E-state index >= 15 is 0 Å². The van der Waals surface area contributed by atoms with Crippen molar-refractivity contribution in [3.63, 3.8) is 0 Å². The molecule has 0 radical (unpaired) electrons. The van der Waals surface area contributed by atoms with E-state index in [1.165, 1.54) is 5.56 Å². The summed E-state index contributed by atoms with van der Waals surface area (Å²) in [6.07, 6.45) is 2.00. The van der Waals surface area contributed by atoms with Crippen molar-refractivity contribution >= 4 is 5.91 Å². The number of amides is 1. The zero-order valence-corrected chi connectivity index (χ0v) is 14.4. The lowest BCUT2D eigenvalue weighted by atomic mass is 9.92. The van der Waals surface area contributed by atoms with Crippen molar-refractivity contribution < 1.29 is 4.79 Å². The predicted molar refractivity (Wildman–Crippen MR) is 93.2 cm³/mol. The number of carbonyl (C=O) groups excluding carboxylic acids is 1. The number of hydrogen-bond donors (Lipinski definition) is 1. The van der Waals surface area contributed by atoms with Crippen LogP contribution in [0.2, 0.25) is 0 Å². The van der Waals surface area contributed by atoms with Gasteiger partial charge in [-0.1, -0.05) is 30.3 Å². The molecule has 0 bridgehead atoms. The molecule has 0 unspecified atom stereocenters. The van der Waals surface area contributed by atoms with E-state index in [9.17, 15) is 4.79 Å². The maximum Gasteiger partial charge on any atom is 0.226 e. The normalized spacial score (nSPS) is 24.1. The van der Waals surface area contributed by atoms with Crippen LogP contribution in [0.5, 0.6) is 0 Å². The summed E-state index contributed by atoms with van der Waals surface area (Å²) < 4.78 is 0. The monoisotopic (exact) mass is 315 g/mol. The van der Waals surface area contributed by atoms with Crippen LogP contribution in [0, 0.1) is 5.92 Å². The molecule has 2 saturated heterocycles. The summed E-state index contributed by atoms with van der Waals surface area (Å²) in [5, 5.41) is 3.44. The van der Waals surface area contributed by atoms with E-state index in [0.29, 0.717) is 11.9 Å². The van der Waals surface area contributed by atoms with Crippen LogP contribution in [-0.2, 0) is 4.79 Å². The minimum absolute atomic E-state index is 0.181. The van der Waals surface area contributed by atoms with Gasteiger partial charge in [0, 0.05) is 31.6 Å². The molecular weight excluding hydrogens is 286 g/mol. The largest absolute Gasteiger partial charge is 0.333 e. The van der Waals surface area contributed by atoms with E-state index in [1.54, 1.807) is 0 Å². The molecule has 3 rings (SSSR count). The van der Waals surface area contributed by atoms with E-state index in [1.807, 2.05) is 6.07 Å². The lowest BCUT2D eigenvalue weighted by Crippen LogP contribution is -2.52. The average Bonchev–Trinajstić information content (AvgIpc) is 2.62. The molecule has 1 N–H and O–H groups in total. The van der Waals surface area contributed by atoms with Gasteiger partial charge in [-0.3, -0.25) is 4.79 Å². The van der Waals surface area contributed by atoms with Crippen molar-refractivity contribution in [1.82, 2.24) is 15.1 Å². The van der Waals surface area contributed by atoms with Crippen molar-refractivity contribution in [1.29, 1.82) is 0 Å². The Kier molecular flexibility index (Phi) is 5.34. The Morgan fingerprint density at radius 1 is 1.13 bits per heavy atom. The fourth-order valence-corrected chi connectivity index (χ4v) is 3.84. The lowest BCUT2D eigenvalue weighted by Gasteiger charge is -2.41. The second-order valence-electron chi connectivity index (χ2n) is 7.07. The zero-order chi connectivity index (χ0) is 16.2. The predicted octanol–water partition coefficient (Wildman–Crippen LogP) is 2.28. The molecule has 23 heavy (non-hydrogen) atoms. The first-order valence-electron chi connectivity index (χ1n) is 8.97. The average molecular weight is 315 g/mol. The van der Waals surface area contributed by atoms with E-state index in [-0.39, 0.29) is 12.0 Å². The molecular formula is C19H29N3O. The number of rotatable bonds is 3. The highest BCUT2D eigenvalue weighted by molar-refractivity contribution is 5.79. The molecule has 1 aromatic carbocycles. The molecule has 0 aromatic heterocycles. The molecule has 1 aromatic rings. The third kappa shape index (κ3) is 3.75. The quantitative estimate of drug-likeness (QED) is 0.929. The molecule has 2 fully saturated rings. The van der Waals surface area contributed by atoms with Crippen molar-refractivity contribution in [2.45, 2.75) is 38.8 Å². The fraction of sp³-hybridized carbons (Fsp3) is 0.632. The van der Waals surface area contributed by atoms with Gasteiger partial charge < -0.3 is 15.1 Å². The van der Waals surface area contributed by atoms with Gasteiger partial charge in [0.1, 0.15) is 0 Å². The van der Waals surface area contributed by atoms with Crippen molar-refractivity contribution in [2.75, 3.05) is 32.7 Å². The summed E-state index contributed by atoms with van der Waals surface area (Å²) in [5.74, 6) is 0.568. The Morgan fingerprint density at radius 2 is 1.83 bits per heavy atom. The van der Waals surface area contributed by atoms with E-state index in [0.717, 1.165) is 45.6 Å². The molecule has 0 aliphatic carbocycles. The maximum absolute atomic E-state index is 13.1. The Labute approximate surface area is 139 Å². The molecule has 1 amide bonds. The lowest BCUT2D eigenvalue weighted by molar-refractivity contribution is -0.140. The number of piperazine rings is 1. The van der Waals surface area contributed by atoms with E-state index in [4.69, 9.17) is 0 Å². The Balaban J connectivity index is 1.68. The molecule has 2 aliphatic heterocycles. The summed E-state index contributed by atoms with van der Waals surface area (Å²) in [7, 11) is 0. The molecule has 4 nitrogen and oxygen atoms in total. The van der Waals surface area contributed by atoms with Gasteiger partial charge in [0.25, 0.3) is 0 Å². The standard InChI is InChI=1S/C19H29N3O/c1-15(2)21-11-8-17(9-12-21)19(23)22-13-10-20-14-18(22)16-6-4-3-5-7-16/h3-7,15,17-18,20H,8-14H2,1-2H3/t18-/m0/s1. The van der Waals surface area contributed by atoms with Gasteiger partial charge in [-0.2, -0.15) is 0 Å². The Morgan fingerprint density at radius 3 is 2.48 bits per heavy atom. The first kappa shape index (κ1) is 16.5. The minimum Gasteiger partial charge on any atom is -0.333 e. The molecule has 1 atom stereocenters. The summed E-state index contributed by atoms with van der Waals surface area (Å²) in [6, 6.07) is 11.2. The summed E-state index contributed by atoms with van der Waals surface area (Å²) in [4.78, 5) is 17.7. The van der Waals surface area contributed by atoms with Crippen LogP contribution in [0.15, 0.2) is 30.3 Å². The number of hydrogen-bond acceptors (Lipinski definition) is 3. The smallest absolute Gasteiger partial charge is 0.226 e. The minimum atomic E-state index is 0.181. The van der Waals surface area contributed by atoms with Gasteiger partial charge in [-0.15, -0.1) is 0 Å². The highest BCUT2D eigenvalue weighted by Crippen LogP contribution is 2.27. The summed E-state index contributed by atoms with van der Waals surface area (Å²) in [6.45, 7) is 9.17. The highest BCUT2D eigenvalue weighted by atomic mass is 16.2. The van der Waals surface area contributed by atoms with Gasteiger partial charge in [0.15, 0.2) is 0 Å². The van der Waals surface area contributed by atoms with Crippen LogP contribution in [0.4, 0.5) is 0 Å². The number of carbonyl (C=O) groups is 1. The zero-order valence-electron chi connectivity index (χ0n) is 14.4.